The molecule has 0 N–H and O–H groups in total. The zero-order valence-electron chi connectivity index (χ0n) is 11.3. The van der Waals surface area contributed by atoms with E-state index in [1.165, 1.54) is 0 Å². The molecule has 0 aromatic rings. The largest absolute Gasteiger partial charge is 0.465 e. The Morgan fingerprint density at radius 3 is 2.44 bits per heavy atom. The van der Waals surface area contributed by atoms with E-state index in [0.717, 1.165) is 6.42 Å². The van der Waals surface area contributed by atoms with Gasteiger partial charge in [-0.25, -0.2) is 0 Å². The van der Waals surface area contributed by atoms with Crippen molar-refractivity contribution >= 4 is 14.3 Å². The quantitative estimate of drug-likeness (QED) is 0.553. The maximum Gasteiger partial charge on any atom is 0.311 e. The van der Waals surface area contributed by atoms with Gasteiger partial charge in [0.2, 0.25) is 0 Å². The van der Waals surface area contributed by atoms with Crippen LogP contribution in [0.1, 0.15) is 34.1 Å². The summed E-state index contributed by atoms with van der Waals surface area (Å²) in [4.78, 5) is 11.5. The highest BCUT2D eigenvalue weighted by molar-refractivity contribution is 6.74. The molecule has 0 saturated carbocycles. The molecule has 16 heavy (non-hydrogen) atoms. The van der Waals surface area contributed by atoms with E-state index in [1.807, 2.05) is 6.92 Å². The third kappa shape index (κ3) is 2.86. The predicted molar refractivity (Wildman–Crippen MR) is 66.8 cm³/mol. The highest BCUT2D eigenvalue weighted by atomic mass is 28.4. The second-order valence-electron chi connectivity index (χ2n) is 6.16. The third-order valence-electron chi connectivity index (χ3n) is 3.83. The zero-order chi connectivity index (χ0) is 12.6. The van der Waals surface area contributed by atoms with Crippen molar-refractivity contribution in [1.82, 2.24) is 0 Å². The summed E-state index contributed by atoms with van der Waals surface area (Å²) < 4.78 is 11.3. The summed E-state index contributed by atoms with van der Waals surface area (Å²) in [5, 5.41) is 0.189. The first kappa shape index (κ1) is 13.7. The molecular weight excluding hydrogens is 220 g/mol. The first-order valence-electron chi connectivity index (χ1n) is 5.99. The van der Waals surface area contributed by atoms with Crippen molar-refractivity contribution in [1.29, 1.82) is 0 Å². The first-order valence-corrected chi connectivity index (χ1v) is 8.90. The highest BCUT2D eigenvalue weighted by Crippen LogP contribution is 2.39. The van der Waals surface area contributed by atoms with Gasteiger partial charge in [-0.3, -0.25) is 4.79 Å². The number of ether oxygens (including phenoxy) is 1. The Bertz CT molecular complexity index is 268. The van der Waals surface area contributed by atoms with Gasteiger partial charge in [0.1, 0.15) is 0 Å². The summed E-state index contributed by atoms with van der Waals surface area (Å²) in [6.07, 6.45) is 0.876. The van der Waals surface area contributed by atoms with Gasteiger partial charge in [0.25, 0.3) is 0 Å². The molecule has 0 aliphatic carbocycles. The van der Waals surface area contributed by atoms with Gasteiger partial charge in [-0.05, 0) is 25.1 Å². The lowest BCUT2D eigenvalue weighted by Gasteiger charge is -2.41. The fourth-order valence-corrected chi connectivity index (χ4v) is 2.96. The van der Waals surface area contributed by atoms with Gasteiger partial charge in [0, 0.05) is 6.42 Å². The molecule has 1 saturated heterocycles. The Hall–Kier alpha value is -0.353. The van der Waals surface area contributed by atoms with Crippen molar-refractivity contribution in [2.75, 3.05) is 6.61 Å². The molecule has 1 aliphatic rings. The summed E-state index contributed by atoms with van der Waals surface area (Å²) >= 11 is 0. The summed E-state index contributed by atoms with van der Waals surface area (Å²) in [5.41, 5.74) is 0. The number of hydrogen-bond acceptors (Lipinski definition) is 3. The Kier molecular flexibility index (Phi) is 3.85. The number of carbonyl (C=O) groups excluding carboxylic acids is 1. The molecular formula is C12H24O3Si. The average Bonchev–Trinajstić information content (AvgIpc) is 2.11. The lowest BCUT2D eigenvalue weighted by molar-refractivity contribution is -0.158. The molecule has 1 aliphatic heterocycles. The summed E-state index contributed by atoms with van der Waals surface area (Å²) in [5.74, 6) is -0.238. The molecule has 0 amide bonds. The fraction of sp³-hybridized carbons (Fsp3) is 0.917. The van der Waals surface area contributed by atoms with E-state index >= 15 is 0 Å². The van der Waals surface area contributed by atoms with E-state index in [2.05, 4.69) is 33.9 Å². The smallest absolute Gasteiger partial charge is 0.311 e. The first-order chi connectivity index (χ1) is 7.15. The second kappa shape index (κ2) is 4.49. The number of hydrogen-bond donors (Lipinski definition) is 0. The molecule has 0 bridgehead atoms. The second-order valence-corrected chi connectivity index (χ2v) is 10.9. The van der Waals surface area contributed by atoms with Gasteiger partial charge >= 0.3 is 5.97 Å². The number of esters is 1. The van der Waals surface area contributed by atoms with Crippen LogP contribution in [0.15, 0.2) is 0 Å². The number of carbonyl (C=O) groups is 1. The topological polar surface area (TPSA) is 35.5 Å². The molecule has 0 aromatic heterocycles. The normalized spacial score (nSPS) is 27.8. The molecule has 1 rings (SSSR count). The van der Waals surface area contributed by atoms with Crippen LogP contribution in [-0.4, -0.2) is 27.0 Å². The minimum Gasteiger partial charge on any atom is -0.465 e. The van der Waals surface area contributed by atoms with Crippen LogP contribution in [0, 0.1) is 5.92 Å². The Morgan fingerprint density at radius 2 is 1.94 bits per heavy atom. The van der Waals surface area contributed by atoms with Crippen LogP contribution in [0.3, 0.4) is 0 Å². The molecule has 4 heteroatoms. The Balaban J connectivity index is 2.70. The minimum absolute atomic E-state index is 0.0436. The van der Waals surface area contributed by atoms with Crippen LogP contribution in [-0.2, 0) is 14.0 Å². The third-order valence-corrected chi connectivity index (χ3v) is 8.33. The SMILES string of the molecule is C[C@@H]1C(=O)OCC[C@@H]1O[Si](C)(C)C(C)(C)C. The summed E-state index contributed by atoms with van der Waals surface area (Å²) in [7, 11) is -1.77. The van der Waals surface area contributed by atoms with E-state index in [0.29, 0.717) is 6.61 Å². The van der Waals surface area contributed by atoms with Crippen LogP contribution in [0.4, 0.5) is 0 Å². The molecule has 0 unspecified atom stereocenters. The molecule has 2 atom stereocenters. The molecule has 94 valence electrons. The van der Waals surface area contributed by atoms with Crippen LogP contribution in [0.2, 0.25) is 18.1 Å². The lowest BCUT2D eigenvalue weighted by Crippen LogP contribution is -2.48. The van der Waals surface area contributed by atoms with Crippen LogP contribution in [0.5, 0.6) is 0 Å². The van der Waals surface area contributed by atoms with Gasteiger partial charge in [0.05, 0.1) is 18.6 Å². The molecule has 0 aromatic carbocycles. The van der Waals surface area contributed by atoms with E-state index in [-0.39, 0.29) is 23.0 Å². The highest BCUT2D eigenvalue weighted by Gasteiger charge is 2.42. The van der Waals surface area contributed by atoms with E-state index in [4.69, 9.17) is 9.16 Å². The molecule has 0 spiro atoms. The summed E-state index contributed by atoms with van der Waals surface area (Å²) in [6, 6.07) is 0. The van der Waals surface area contributed by atoms with Crippen LogP contribution in [0.25, 0.3) is 0 Å². The van der Waals surface area contributed by atoms with E-state index in [1.54, 1.807) is 0 Å². The van der Waals surface area contributed by atoms with E-state index < -0.39 is 8.32 Å². The average molecular weight is 244 g/mol. The van der Waals surface area contributed by atoms with Crippen molar-refractivity contribution in [2.24, 2.45) is 5.92 Å². The molecule has 1 fully saturated rings. The van der Waals surface area contributed by atoms with Gasteiger partial charge in [-0.2, -0.15) is 0 Å². The van der Waals surface area contributed by atoms with Gasteiger partial charge in [-0.1, -0.05) is 20.8 Å². The van der Waals surface area contributed by atoms with Crippen LogP contribution >= 0.6 is 0 Å². The van der Waals surface area contributed by atoms with Gasteiger partial charge in [-0.15, -0.1) is 0 Å². The maximum atomic E-state index is 11.5. The van der Waals surface area contributed by atoms with E-state index in [9.17, 15) is 4.79 Å². The standard InChI is InChI=1S/C12H24O3Si/c1-9-10(7-8-14-11(9)13)15-16(5,6)12(2,3)4/h9-10H,7-8H2,1-6H3/t9-,10-/m0/s1. The zero-order valence-corrected chi connectivity index (χ0v) is 12.3. The van der Waals surface area contributed by atoms with Crippen molar-refractivity contribution in [3.05, 3.63) is 0 Å². The lowest BCUT2D eigenvalue weighted by atomic mass is 10.0. The number of rotatable bonds is 2. The number of cyclic esters (lactones) is 1. The Labute approximate surface area is 99.6 Å². The fourth-order valence-electron chi connectivity index (χ4n) is 1.53. The van der Waals surface area contributed by atoms with Gasteiger partial charge in [0.15, 0.2) is 8.32 Å². The van der Waals surface area contributed by atoms with Crippen molar-refractivity contribution < 1.29 is 14.0 Å². The maximum absolute atomic E-state index is 11.5. The summed E-state index contributed by atoms with van der Waals surface area (Å²) in [6.45, 7) is 13.5. The van der Waals surface area contributed by atoms with Crippen molar-refractivity contribution in [3.63, 3.8) is 0 Å². The predicted octanol–water partition coefficient (Wildman–Crippen LogP) is 2.96. The van der Waals surface area contributed by atoms with Crippen molar-refractivity contribution in [3.8, 4) is 0 Å². The minimum atomic E-state index is -1.77. The molecule has 1 heterocycles. The molecule has 3 nitrogen and oxygen atoms in total. The molecule has 0 radical (unpaired) electrons. The Morgan fingerprint density at radius 1 is 1.38 bits per heavy atom. The van der Waals surface area contributed by atoms with Gasteiger partial charge < -0.3 is 9.16 Å². The monoisotopic (exact) mass is 244 g/mol. The van der Waals surface area contributed by atoms with Crippen LogP contribution < -0.4 is 0 Å². The van der Waals surface area contributed by atoms with Crippen molar-refractivity contribution in [2.45, 2.75) is 58.4 Å².